The molecule has 0 heterocycles. The van der Waals surface area contributed by atoms with Crippen molar-refractivity contribution in [2.24, 2.45) is 46.3 Å². The van der Waals surface area contributed by atoms with Gasteiger partial charge in [-0.3, -0.25) is 19.3 Å². The van der Waals surface area contributed by atoms with Crippen LogP contribution < -0.4 is 0 Å². The highest BCUT2D eigenvalue weighted by atomic mass is 16.6. The zero-order valence-corrected chi connectivity index (χ0v) is 37.7. The number of carbonyl (C=O) groups excluding carboxylic acids is 4. The zero-order valence-electron chi connectivity index (χ0n) is 37.7. The third-order valence-corrected chi connectivity index (χ3v) is 14.3. The highest BCUT2D eigenvalue weighted by molar-refractivity contribution is 5.80. The van der Waals surface area contributed by atoms with Gasteiger partial charge in [0.05, 0.1) is 13.1 Å². The molecular formula is C48H81NO7. The monoisotopic (exact) mass is 784 g/mol. The molecule has 320 valence electrons. The van der Waals surface area contributed by atoms with E-state index in [1.807, 2.05) is 0 Å². The minimum Gasteiger partial charge on any atom is -0.461 e. The number of ketones is 1. The summed E-state index contributed by atoms with van der Waals surface area (Å²) in [5.74, 6) is 3.33. The van der Waals surface area contributed by atoms with Gasteiger partial charge in [-0.15, -0.1) is 0 Å². The van der Waals surface area contributed by atoms with Gasteiger partial charge in [-0.1, -0.05) is 78.4 Å². The van der Waals surface area contributed by atoms with Crippen molar-refractivity contribution >= 4 is 23.7 Å². The molecule has 0 radical (unpaired) electrons. The second-order valence-corrected chi connectivity index (χ2v) is 21.5. The van der Waals surface area contributed by atoms with Crippen LogP contribution in [0.2, 0.25) is 0 Å². The van der Waals surface area contributed by atoms with E-state index in [9.17, 15) is 19.2 Å². The first-order valence-corrected chi connectivity index (χ1v) is 22.6. The van der Waals surface area contributed by atoms with E-state index in [0.717, 1.165) is 68.1 Å². The van der Waals surface area contributed by atoms with Crippen molar-refractivity contribution in [3.05, 3.63) is 11.6 Å². The Bertz CT molecular complexity index is 1360. The van der Waals surface area contributed by atoms with Crippen LogP contribution in [-0.4, -0.2) is 65.0 Å². The molecule has 0 N–H and O–H groups in total. The summed E-state index contributed by atoms with van der Waals surface area (Å²) < 4.78 is 17.7. The van der Waals surface area contributed by atoms with Crippen LogP contribution in [0.15, 0.2) is 11.6 Å². The number of hydrogen-bond acceptors (Lipinski definition) is 8. The molecule has 0 saturated heterocycles. The number of esters is 3. The van der Waals surface area contributed by atoms with E-state index in [1.54, 1.807) is 53.4 Å². The van der Waals surface area contributed by atoms with Gasteiger partial charge < -0.3 is 19.0 Å². The van der Waals surface area contributed by atoms with E-state index < -0.39 is 35.2 Å². The number of nitrogens with zero attached hydrogens (tertiary/aromatic N) is 1. The van der Waals surface area contributed by atoms with Crippen LogP contribution in [0.1, 0.15) is 186 Å². The van der Waals surface area contributed by atoms with Crippen LogP contribution in [-0.2, 0) is 33.4 Å². The molecule has 0 spiro atoms. The van der Waals surface area contributed by atoms with Crippen LogP contribution in [0.4, 0.5) is 0 Å². The molecule has 8 heteroatoms. The number of unbranched alkanes of at least 4 members (excludes halogenated alkanes) is 2. The third-order valence-electron chi connectivity index (χ3n) is 14.3. The summed E-state index contributed by atoms with van der Waals surface area (Å²) in [7, 11) is 0. The minimum atomic E-state index is -0.829. The van der Waals surface area contributed by atoms with Gasteiger partial charge in [0.1, 0.15) is 29.1 Å². The average molecular weight is 784 g/mol. The molecule has 0 aromatic carbocycles. The molecule has 4 rings (SSSR count). The molecule has 3 saturated carbocycles. The normalized spacial score (nSPS) is 30.1. The maximum Gasteiger partial charge on any atom is 0.323 e. The SMILES string of the molecule is CC(=O)CCCCC[C@@H](C(=O)O[C@H]1CC[C@@]2(C)C(=CCC3C2CC[C@@]2(C)C3CC[C@@H]2[C@H](C)CCCC(C)C)C1)N(CC(=O)OC(C)(C)C)CC(=O)OC(C)(C)C. The summed E-state index contributed by atoms with van der Waals surface area (Å²) in [5, 5.41) is 0. The zero-order chi connectivity index (χ0) is 41.6. The van der Waals surface area contributed by atoms with E-state index in [1.165, 1.54) is 50.5 Å². The van der Waals surface area contributed by atoms with Crippen molar-refractivity contribution in [1.82, 2.24) is 4.90 Å². The van der Waals surface area contributed by atoms with Gasteiger partial charge in [0.25, 0.3) is 0 Å². The Morgan fingerprint density at radius 2 is 1.43 bits per heavy atom. The average Bonchev–Trinajstić information content (AvgIpc) is 3.41. The maximum absolute atomic E-state index is 14.3. The molecule has 3 unspecified atom stereocenters. The fourth-order valence-electron chi connectivity index (χ4n) is 11.7. The predicted octanol–water partition coefficient (Wildman–Crippen LogP) is 10.8. The molecule has 0 amide bonds. The molecule has 3 fully saturated rings. The van der Waals surface area contributed by atoms with Crippen LogP contribution in [0, 0.1) is 46.3 Å². The van der Waals surface area contributed by atoms with Crippen molar-refractivity contribution in [2.75, 3.05) is 13.1 Å². The quantitative estimate of drug-likeness (QED) is 0.0586. The fourth-order valence-corrected chi connectivity index (χ4v) is 11.7. The number of allylic oxidation sites excluding steroid dienone is 1. The Balaban J connectivity index is 1.49. The summed E-state index contributed by atoms with van der Waals surface area (Å²) in [4.78, 5) is 53.9. The maximum atomic E-state index is 14.3. The lowest BCUT2D eigenvalue weighted by molar-refractivity contribution is -0.166. The molecule has 0 aliphatic heterocycles. The summed E-state index contributed by atoms with van der Waals surface area (Å²) in [6, 6.07) is -0.829. The molecule has 0 aromatic rings. The van der Waals surface area contributed by atoms with Gasteiger partial charge in [0.2, 0.25) is 0 Å². The number of Topliss-reactive ketones (excluding diaryl/α,β-unsaturated/α-hetero) is 1. The number of fused-ring (bicyclic) bond motifs is 5. The number of carbonyl (C=O) groups is 4. The topological polar surface area (TPSA) is 99.2 Å². The van der Waals surface area contributed by atoms with Crippen LogP contribution in [0.25, 0.3) is 0 Å². The minimum absolute atomic E-state index is 0.129. The van der Waals surface area contributed by atoms with Gasteiger partial charge in [0, 0.05) is 12.8 Å². The van der Waals surface area contributed by atoms with E-state index in [4.69, 9.17) is 14.2 Å². The second-order valence-electron chi connectivity index (χ2n) is 21.5. The van der Waals surface area contributed by atoms with Crippen LogP contribution in [0.3, 0.4) is 0 Å². The molecule has 9 atom stereocenters. The molecule has 0 bridgehead atoms. The first kappa shape index (κ1) is 46.5. The molecular weight excluding hydrogens is 703 g/mol. The van der Waals surface area contributed by atoms with Gasteiger partial charge in [-0.25, -0.2) is 0 Å². The third kappa shape index (κ3) is 12.4. The lowest BCUT2D eigenvalue weighted by Gasteiger charge is -2.58. The predicted molar refractivity (Wildman–Crippen MR) is 224 cm³/mol. The molecule has 8 nitrogen and oxygen atoms in total. The Morgan fingerprint density at radius 1 is 0.786 bits per heavy atom. The summed E-state index contributed by atoms with van der Waals surface area (Å²) in [6.07, 6.45) is 18.4. The summed E-state index contributed by atoms with van der Waals surface area (Å²) >= 11 is 0. The van der Waals surface area contributed by atoms with Crippen molar-refractivity contribution < 1.29 is 33.4 Å². The number of rotatable bonds is 18. The lowest BCUT2D eigenvalue weighted by atomic mass is 9.47. The largest absolute Gasteiger partial charge is 0.461 e. The molecule has 0 aromatic heterocycles. The van der Waals surface area contributed by atoms with E-state index in [0.29, 0.717) is 30.6 Å². The van der Waals surface area contributed by atoms with Crippen molar-refractivity contribution in [2.45, 2.75) is 209 Å². The van der Waals surface area contributed by atoms with Gasteiger partial charge in [-0.2, -0.15) is 0 Å². The Labute approximate surface area is 341 Å². The van der Waals surface area contributed by atoms with E-state index in [-0.39, 0.29) is 30.4 Å². The second kappa shape index (κ2) is 19.2. The van der Waals surface area contributed by atoms with E-state index >= 15 is 0 Å². The Kier molecular flexibility index (Phi) is 16.0. The Morgan fingerprint density at radius 3 is 2.02 bits per heavy atom. The Hall–Kier alpha value is -2.22. The van der Waals surface area contributed by atoms with Crippen molar-refractivity contribution in [3.8, 4) is 0 Å². The number of hydrogen-bond donors (Lipinski definition) is 0. The molecule has 56 heavy (non-hydrogen) atoms. The van der Waals surface area contributed by atoms with Gasteiger partial charge >= 0.3 is 17.9 Å². The highest BCUT2D eigenvalue weighted by Gasteiger charge is 2.59. The standard InChI is InChI=1S/C48H81NO7/c1-32(2)17-16-18-33(3)38-23-24-39-37-22-21-35-29-36(25-27-47(35,11)40(37)26-28-48(38,39)12)54-44(53)41(20-15-13-14-19-34(4)50)49(30-42(51)55-45(5,6)7)31-43(52)56-46(8,9)10/h21,32-33,36-41H,13-20,22-31H2,1-12H3/t33-,36+,37?,38-,39?,40?,41+,47+,48-/m1/s1. The highest BCUT2D eigenvalue weighted by Crippen LogP contribution is 2.67. The van der Waals surface area contributed by atoms with Gasteiger partial charge in [-0.05, 0) is 153 Å². The summed E-state index contributed by atoms with van der Waals surface area (Å²) in [5.41, 5.74) is 0.590. The van der Waals surface area contributed by atoms with E-state index in [2.05, 4.69) is 40.7 Å². The first-order valence-electron chi connectivity index (χ1n) is 22.6. The fraction of sp³-hybridized carbons (Fsp3) is 0.875. The lowest BCUT2D eigenvalue weighted by Crippen LogP contribution is -2.52. The van der Waals surface area contributed by atoms with Gasteiger partial charge in [0.15, 0.2) is 0 Å². The summed E-state index contributed by atoms with van der Waals surface area (Å²) in [6.45, 7) is 24.3. The van der Waals surface area contributed by atoms with Crippen LogP contribution >= 0.6 is 0 Å². The smallest absolute Gasteiger partial charge is 0.323 e. The number of ether oxygens (including phenoxy) is 3. The molecule has 4 aliphatic rings. The van der Waals surface area contributed by atoms with Crippen molar-refractivity contribution in [3.63, 3.8) is 0 Å². The first-order chi connectivity index (χ1) is 26.0. The molecule has 4 aliphatic carbocycles. The van der Waals surface area contributed by atoms with Crippen LogP contribution in [0.5, 0.6) is 0 Å². The van der Waals surface area contributed by atoms with Crippen molar-refractivity contribution in [1.29, 1.82) is 0 Å².